The zero-order chi connectivity index (χ0) is 12.0. The maximum absolute atomic E-state index is 12.6. The van der Waals surface area contributed by atoms with Gasteiger partial charge in [0.1, 0.15) is 11.5 Å². The third-order valence-electron chi connectivity index (χ3n) is 2.34. The Hall–Kier alpha value is -1.29. The van der Waals surface area contributed by atoms with E-state index < -0.39 is 5.82 Å². The van der Waals surface area contributed by atoms with Crippen LogP contribution in [0.2, 0.25) is 0 Å². The summed E-state index contributed by atoms with van der Waals surface area (Å²) >= 11 is 0. The average molecular weight is 224 g/mol. The zero-order valence-corrected chi connectivity index (χ0v) is 9.74. The molecular formula is C12H17FN2O. The molecule has 0 fully saturated rings. The van der Waals surface area contributed by atoms with Gasteiger partial charge in [0.25, 0.3) is 0 Å². The highest BCUT2D eigenvalue weighted by atomic mass is 19.1. The Morgan fingerprint density at radius 1 is 1.44 bits per heavy atom. The molecule has 0 radical (unpaired) electrons. The Bertz CT molecular complexity index is 337. The highest BCUT2D eigenvalue weighted by Crippen LogP contribution is 2.02. The van der Waals surface area contributed by atoms with Gasteiger partial charge in [-0.15, -0.1) is 0 Å². The maximum Gasteiger partial charge on any atom is 0.182 e. The molecule has 0 aliphatic heterocycles. The van der Waals surface area contributed by atoms with Gasteiger partial charge in [-0.2, -0.15) is 0 Å². The van der Waals surface area contributed by atoms with Crippen LogP contribution in [0.5, 0.6) is 0 Å². The zero-order valence-electron chi connectivity index (χ0n) is 9.74. The van der Waals surface area contributed by atoms with Crippen LogP contribution in [0, 0.1) is 5.82 Å². The minimum absolute atomic E-state index is 0.0389. The minimum atomic E-state index is -0.417. The summed E-state index contributed by atoms with van der Waals surface area (Å²) in [7, 11) is 1.98. The first kappa shape index (κ1) is 12.8. The van der Waals surface area contributed by atoms with Crippen LogP contribution in [0.3, 0.4) is 0 Å². The number of carbonyl (C=O) groups excluding carboxylic acids is 1. The van der Waals surface area contributed by atoms with E-state index in [9.17, 15) is 9.18 Å². The number of aromatic nitrogens is 1. The second-order valence-corrected chi connectivity index (χ2v) is 3.84. The Labute approximate surface area is 95.3 Å². The molecule has 1 heterocycles. The van der Waals surface area contributed by atoms with Gasteiger partial charge >= 0.3 is 0 Å². The number of ketones is 1. The van der Waals surface area contributed by atoms with Crippen molar-refractivity contribution in [3.63, 3.8) is 0 Å². The van der Waals surface area contributed by atoms with Gasteiger partial charge in [-0.3, -0.25) is 9.78 Å². The molecule has 0 saturated carbocycles. The van der Waals surface area contributed by atoms with Crippen LogP contribution in [0.1, 0.15) is 30.3 Å². The maximum atomic E-state index is 12.6. The number of nitrogens with zero attached hydrogens (tertiary/aromatic N) is 2. The summed E-state index contributed by atoms with van der Waals surface area (Å²) < 4.78 is 12.6. The molecule has 0 unspecified atom stereocenters. The summed E-state index contributed by atoms with van der Waals surface area (Å²) in [6.45, 7) is 3.79. The number of pyridine rings is 1. The van der Waals surface area contributed by atoms with E-state index in [-0.39, 0.29) is 5.78 Å². The molecule has 0 N–H and O–H groups in total. The second-order valence-electron chi connectivity index (χ2n) is 3.84. The van der Waals surface area contributed by atoms with E-state index in [2.05, 4.69) is 16.8 Å². The number of Topliss-reactive ketones (excluding diaryl/α,β-unsaturated/α-hetero) is 1. The van der Waals surface area contributed by atoms with Gasteiger partial charge in [-0.1, -0.05) is 6.92 Å². The summed E-state index contributed by atoms with van der Waals surface area (Å²) in [4.78, 5) is 17.5. The second kappa shape index (κ2) is 6.33. The predicted octanol–water partition coefficient (Wildman–Crippen LogP) is 2.14. The van der Waals surface area contributed by atoms with Crippen LogP contribution in [0.4, 0.5) is 4.39 Å². The number of rotatable bonds is 6. The molecule has 88 valence electrons. The summed E-state index contributed by atoms with van der Waals surface area (Å²) in [5, 5.41) is 0. The molecule has 0 aromatic carbocycles. The summed E-state index contributed by atoms with van der Waals surface area (Å²) in [5.74, 6) is -0.456. The highest BCUT2D eigenvalue weighted by Gasteiger charge is 2.08. The molecule has 0 aliphatic carbocycles. The first-order chi connectivity index (χ1) is 7.63. The lowest BCUT2D eigenvalue weighted by molar-refractivity contribution is 0.0964. The third-order valence-corrected chi connectivity index (χ3v) is 2.34. The molecule has 3 nitrogen and oxygen atoms in total. The molecule has 0 bridgehead atoms. The first-order valence-electron chi connectivity index (χ1n) is 5.46. The molecule has 0 atom stereocenters. The van der Waals surface area contributed by atoms with Crippen LogP contribution in [-0.2, 0) is 0 Å². The Kier molecular flexibility index (Phi) is 5.05. The van der Waals surface area contributed by atoms with Crippen molar-refractivity contribution >= 4 is 5.78 Å². The van der Waals surface area contributed by atoms with Crippen LogP contribution in [-0.4, -0.2) is 35.8 Å². The summed E-state index contributed by atoms with van der Waals surface area (Å²) in [6, 6.07) is 2.69. The quantitative estimate of drug-likeness (QED) is 0.694. The third kappa shape index (κ3) is 4.06. The smallest absolute Gasteiger partial charge is 0.182 e. The lowest BCUT2D eigenvalue weighted by Crippen LogP contribution is -2.22. The van der Waals surface area contributed by atoms with Gasteiger partial charge in [0.2, 0.25) is 0 Å². The minimum Gasteiger partial charge on any atom is -0.306 e. The van der Waals surface area contributed by atoms with Gasteiger partial charge in [-0.05, 0) is 32.1 Å². The number of hydrogen-bond donors (Lipinski definition) is 0. The summed E-state index contributed by atoms with van der Waals surface area (Å²) in [6.07, 6.45) is 2.57. The number of halogens is 1. The van der Waals surface area contributed by atoms with Gasteiger partial charge in [0.15, 0.2) is 5.78 Å². The van der Waals surface area contributed by atoms with Crippen molar-refractivity contribution in [3.05, 3.63) is 29.8 Å². The average Bonchev–Trinajstić information content (AvgIpc) is 2.27. The molecule has 1 aromatic heterocycles. The topological polar surface area (TPSA) is 33.2 Å². The molecule has 1 aromatic rings. The Morgan fingerprint density at radius 3 is 2.75 bits per heavy atom. The molecule has 0 aliphatic rings. The van der Waals surface area contributed by atoms with Crippen molar-refractivity contribution < 1.29 is 9.18 Å². The predicted molar refractivity (Wildman–Crippen MR) is 60.9 cm³/mol. The molecule has 0 spiro atoms. The monoisotopic (exact) mass is 224 g/mol. The molecular weight excluding hydrogens is 207 g/mol. The van der Waals surface area contributed by atoms with Crippen LogP contribution >= 0.6 is 0 Å². The van der Waals surface area contributed by atoms with Gasteiger partial charge in [0, 0.05) is 13.0 Å². The standard InChI is InChI=1S/C12H17FN2O/c1-3-7-15(2)8-6-12(16)11-5-4-10(13)9-14-11/h4-5,9H,3,6-8H2,1-2H3. The summed E-state index contributed by atoms with van der Waals surface area (Å²) in [5.41, 5.74) is 0.339. The molecule has 4 heteroatoms. The van der Waals surface area contributed by atoms with Crippen molar-refractivity contribution in [3.8, 4) is 0 Å². The van der Waals surface area contributed by atoms with Crippen molar-refractivity contribution in [2.24, 2.45) is 0 Å². The van der Waals surface area contributed by atoms with Crippen LogP contribution < -0.4 is 0 Å². The highest BCUT2D eigenvalue weighted by molar-refractivity contribution is 5.94. The van der Waals surface area contributed by atoms with Crippen molar-refractivity contribution in [2.45, 2.75) is 19.8 Å². The molecule has 16 heavy (non-hydrogen) atoms. The fraction of sp³-hybridized carbons (Fsp3) is 0.500. The first-order valence-corrected chi connectivity index (χ1v) is 5.46. The largest absolute Gasteiger partial charge is 0.306 e. The fourth-order valence-electron chi connectivity index (χ4n) is 1.45. The van der Waals surface area contributed by atoms with E-state index in [1.54, 1.807) is 0 Å². The SMILES string of the molecule is CCCN(C)CCC(=O)c1ccc(F)cn1. The number of carbonyl (C=O) groups is 1. The van der Waals surface area contributed by atoms with E-state index in [1.807, 2.05) is 7.05 Å². The van der Waals surface area contributed by atoms with Crippen LogP contribution in [0.15, 0.2) is 18.3 Å². The normalized spacial score (nSPS) is 10.8. The number of hydrogen-bond acceptors (Lipinski definition) is 3. The molecule has 1 rings (SSSR count). The van der Waals surface area contributed by atoms with Gasteiger partial charge in [-0.25, -0.2) is 4.39 Å². The molecule has 0 saturated heterocycles. The van der Waals surface area contributed by atoms with Crippen molar-refractivity contribution in [2.75, 3.05) is 20.1 Å². The Balaban J connectivity index is 2.43. The van der Waals surface area contributed by atoms with E-state index >= 15 is 0 Å². The van der Waals surface area contributed by atoms with Crippen molar-refractivity contribution in [1.82, 2.24) is 9.88 Å². The molecule has 0 amide bonds. The fourth-order valence-corrected chi connectivity index (χ4v) is 1.45. The van der Waals surface area contributed by atoms with Crippen molar-refractivity contribution in [1.29, 1.82) is 0 Å². The van der Waals surface area contributed by atoms with Gasteiger partial charge in [0.05, 0.1) is 6.20 Å². The lowest BCUT2D eigenvalue weighted by atomic mass is 10.2. The van der Waals surface area contributed by atoms with Gasteiger partial charge < -0.3 is 4.90 Å². The van der Waals surface area contributed by atoms with Crippen LogP contribution in [0.25, 0.3) is 0 Å². The Morgan fingerprint density at radius 2 is 2.19 bits per heavy atom. The van der Waals surface area contributed by atoms with E-state index in [4.69, 9.17) is 0 Å². The van der Waals surface area contributed by atoms with E-state index in [0.29, 0.717) is 18.7 Å². The van der Waals surface area contributed by atoms with E-state index in [1.165, 1.54) is 12.1 Å². The lowest BCUT2D eigenvalue weighted by Gasteiger charge is -2.14. The van der Waals surface area contributed by atoms with E-state index in [0.717, 1.165) is 19.2 Å².